The van der Waals surface area contributed by atoms with Gasteiger partial charge in [-0.25, -0.2) is 0 Å². The Balaban J connectivity index is 1.48. The SMILES string of the molecule is c1ccc(C2CC(Nc3cccc4ncccc34)C2)cc1. The van der Waals surface area contributed by atoms with Crippen LogP contribution in [0, 0.1) is 0 Å². The van der Waals surface area contributed by atoms with Crippen molar-refractivity contribution in [2.45, 2.75) is 24.8 Å². The van der Waals surface area contributed by atoms with Gasteiger partial charge < -0.3 is 5.32 Å². The van der Waals surface area contributed by atoms with Crippen molar-refractivity contribution in [2.75, 3.05) is 5.32 Å². The molecule has 0 spiro atoms. The number of benzene rings is 2. The zero-order chi connectivity index (χ0) is 14.1. The van der Waals surface area contributed by atoms with Gasteiger partial charge in [0, 0.05) is 23.3 Å². The van der Waals surface area contributed by atoms with E-state index in [1.807, 2.05) is 12.3 Å². The van der Waals surface area contributed by atoms with Gasteiger partial charge in [-0.3, -0.25) is 4.98 Å². The molecule has 1 aliphatic carbocycles. The van der Waals surface area contributed by atoms with E-state index in [2.05, 4.69) is 64.9 Å². The van der Waals surface area contributed by atoms with Crippen molar-refractivity contribution in [1.29, 1.82) is 0 Å². The monoisotopic (exact) mass is 274 g/mol. The molecule has 1 fully saturated rings. The molecule has 0 saturated heterocycles. The first-order valence-electron chi connectivity index (χ1n) is 7.55. The van der Waals surface area contributed by atoms with Gasteiger partial charge in [0.2, 0.25) is 0 Å². The van der Waals surface area contributed by atoms with Crippen LogP contribution in [-0.4, -0.2) is 11.0 Å². The molecule has 1 aliphatic rings. The molecule has 1 aromatic heterocycles. The van der Waals surface area contributed by atoms with E-state index in [0.717, 1.165) is 5.52 Å². The van der Waals surface area contributed by atoms with Crippen LogP contribution in [0.3, 0.4) is 0 Å². The highest BCUT2D eigenvalue weighted by molar-refractivity contribution is 5.91. The maximum atomic E-state index is 4.42. The summed E-state index contributed by atoms with van der Waals surface area (Å²) in [7, 11) is 0. The fraction of sp³-hybridized carbons (Fsp3) is 0.211. The fourth-order valence-corrected chi connectivity index (χ4v) is 3.18. The van der Waals surface area contributed by atoms with Crippen molar-refractivity contribution < 1.29 is 0 Å². The van der Waals surface area contributed by atoms with Crippen LogP contribution in [-0.2, 0) is 0 Å². The first-order chi connectivity index (χ1) is 10.4. The van der Waals surface area contributed by atoms with Crippen molar-refractivity contribution in [2.24, 2.45) is 0 Å². The molecule has 0 unspecified atom stereocenters. The maximum absolute atomic E-state index is 4.42. The summed E-state index contributed by atoms with van der Waals surface area (Å²) in [5.74, 6) is 0.705. The Morgan fingerprint density at radius 1 is 0.857 bits per heavy atom. The molecule has 1 saturated carbocycles. The molecular weight excluding hydrogens is 256 g/mol. The Bertz CT molecular complexity index is 740. The first-order valence-corrected chi connectivity index (χ1v) is 7.55. The van der Waals surface area contributed by atoms with E-state index in [1.54, 1.807) is 0 Å². The molecular formula is C19H18N2. The second-order valence-electron chi connectivity index (χ2n) is 5.80. The molecule has 2 aromatic carbocycles. The maximum Gasteiger partial charge on any atom is 0.0722 e. The van der Waals surface area contributed by atoms with Gasteiger partial charge in [-0.05, 0) is 48.6 Å². The second-order valence-corrected chi connectivity index (χ2v) is 5.80. The standard InChI is InChI=1S/C19H18N2/c1-2-6-14(7-3-1)15-12-16(13-15)21-19-10-4-9-18-17(19)8-5-11-20-18/h1-11,15-16,21H,12-13H2. The number of fused-ring (bicyclic) bond motifs is 1. The molecule has 0 bridgehead atoms. The molecule has 2 nitrogen and oxygen atoms in total. The van der Waals surface area contributed by atoms with E-state index in [9.17, 15) is 0 Å². The Morgan fingerprint density at radius 2 is 1.71 bits per heavy atom. The third-order valence-corrected chi connectivity index (χ3v) is 4.41. The number of aromatic nitrogens is 1. The van der Waals surface area contributed by atoms with Gasteiger partial charge in [0.1, 0.15) is 0 Å². The highest BCUT2D eigenvalue weighted by Gasteiger charge is 2.30. The molecule has 2 heteroatoms. The van der Waals surface area contributed by atoms with Crippen molar-refractivity contribution >= 4 is 16.6 Å². The molecule has 0 amide bonds. The van der Waals surface area contributed by atoms with E-state index in [0.29, 0.717) is 12.0 Å². The Kier molecular flexibility index (Phi) is 3.07. The van der Waals surface area contributed by atoms with Crippen LogP contribution in [0.4, 0.5) is 5.69 Å². The molecule has 0 atom stereocenters. The lowest BCUT2D eigenvalue weighted by Crippen LogP contribution is -2.34. The first kappa shape index (κ1) is 12.4. The Morgan fingerprint density at radius 3 is 2.57 bits per heavy atom. The molecule has 3 aromatic rings. The third kappa shape index (κ3) is 2.38. The zero-order valence-corrected chi connectivity index (χ0v) is 11.9. The van der Waals surface area contributed by atoms with Gasteiger partial charge in [-0.1, -0.05) is 36.4 Å². The van der Waals surface area contributed by atoms with Crippen LogP contribution in [0.2, 0.25) is 0 Å². The largest absolute Gasteiger partial charge is 0.382 e. The number of nitrogens with one attached hydrogen (secondary N) is 1. The van der Waals surface area contributed by atoms with E-state index in [1.165, 1.54) is 29.5 Å². The minimum atomic E-state index is 0.570. The summed E-state index contributed by atoms with van der Waals surface area (Å²) in [5, 5.41) is 4.89. The predicted molar refractivity (Wildman–Crippen MR) is 87.6 cm³/mol. The van der Waals surface area contributed by atoms with E-state index in [4.69, 9.17) is 0 Å². The Labute approximate surface area is 124 Å². The molecule has 104 valence electrons. The van der Waals surface area contributed by atoms with Gasteiger partial charge in [0.25, 0.3) is 0 Å². The molecule has 0 radical (unpaired) electrons. The smallest absolute Gasteiger partial charge is 0.0722 e. The average molecular weight is 274 g/mol. The molecule has 1 heterocycles. The number of anilines is 1. The van der Waals surface area contributed by atoms with E-state index < -0.39 is 0 Å². The van der Waals surface area contributed by atoms with E-state index >= 15 is 0 Å². The summed E-state index contributed by atoms with van der Waals surface area (Å²) < 4.78 is 0. The predicted octanol–water partition coefficient (Wildman–Crippen LogP) is 4.59. The van der Waals surface area contributed by atoms with Crippen LogP contribution in [0.1, 0.15) is 24.3 Å². The van der Waals surface area contributed by atoms with Crippen molar-refractivity contribution in [3.63, 3.8) is 0 Å². The minimum absolute atomic E-state index is 0.570. The summed E-state index contributed by atoms with van der Waals surface area (Å²) in [6.07, 6.45) is 4.27. The number of rotatable bonds is 3. The summed E-state index contributed by atoms with van der Waals surface area (Å²) >= 11 is 0. The van der Waals surface area contributed by atoms with Crippen molar-refractivity contribution in [3.05, 3.63) is 72.4 Å². The van der Waals surface area contributed by atoms with Crippen molar-refractivity contribution in [1.82, 2.24) is 4.98 Å². The lowest BCUT2D eigenvalue weighted by molar-refractivity contribution is 0.374. The topological polar surface area (TPSA) is 24.9 Å². The number of pyridine rings is 1. The lowest BCUT2D eigenvalue weighted by Gasteiger charge is -2.37. The third-order valence-electron chi connectivity index (χ3n) is 4.41. The van der Waals surface area contributed by atoms with Crippen LogP contribution in [0.15, 0.2) is 66.9 Å². The van der Waals surface area contributed by atoms with Crippen LogP contribution < -0.4 is 5.32 Å². The minimum Gasteiger partial charge on any atom is -0.382 e. The summed E-state index contributed by atoms with van der Waals surface area (Å²) in [6, 6.07) is 21.8. The lowest BCUT2D eigenvalue weighted by atomic mass is 9.76. The molecule has 4 rings (SSSR count). The summed E-state index contributed by atoms with van der Waals surface area (Å²) in [4.78, 5) is 4.42. The zero-order valence-electron chi connectivity index (χ0n) is 11.9. The normalized spacial score (nSPS) is 21.0. The summed E-state index contributed by atoms with van der Waals surface area (Å²) in [5.41, 5.74) is 3.73. The van der Waals surface area contributed by atoms with Crippen LogP contribution in [0.5, 0.6) is 0 Å². The number of nitrogens with zero attached hydrogens (tertiary/aromatic N) is 1. The molecule has 21 heavy (non-hydrogen) atoms. The van der Waals surface area contributed by atoms with Gasteiger partial charge in [-0.15, -0.1) is 0 Å². The van der Waals surface area contributed by atoms with Crippen molar-refractivity contribution in [3.8, 4) is 0 Å². The fourth-order valence-electron chi connectivity index (χ4n) is 3.18. The highest BCUT2D eigenvalue weighted by Crippen LogP contribution is 2.39. The van der Waals surface area contributed by atoms with Gasteiger partial charge in [0.15, 0.2) is 0 Å². The second kappa shape index (κ2) is 5.21. The number of hydrogen-bond acceptors (Lipinski definition) is 2. The Hall–Kier alpha value is -2.35. The number of hydrogen-bond donors (Lipinski definition) is 1. The quantitative estimate of drug-likeness (QED) is 0.755. The van der Waals surface area contributed by atoms with Gasteiger partial charge in [-0.2, -0.15) is 0 Å². The highest BCUT2D eigenvalue weighted by atomic mass is 14.9. The molecule has 0 aliphatic heterocycles. The van der Waals surface area contributed by atoms with E-state index in [-0.39, 0.29) is 0 Å². The molecule has 1 N–H and O–H groups in total. The average Bonchev–Trinajstić information content (AvgIpc) is 2.51. The van der Waals surface area contributed by atoms with Gasteiger partial charge >= 0.3 is 0 Å². The van der Waals surface area contributed by atoms with Crippen LogP contribution >= 0.6 is 0 Å². The van der Waals surface area contributed by atoms with Crippen LogP contribution in [0.25, 0.3) is 10.9 Å². The van der Waals surface area contributed by atoms with Gasteiger partial charge in [0.05, 0.1) is 5.52 Å². The summed E-state index contributed by atoms with van der Waals surface area (Å²) in [6.45, 7) is 0.